The zero-order valence-corrected chi connectivity index (χ0v) is 11.9. The molecule has 0 amide bonds. The Bertz CT molecular complexity index is 835. The molecule has 2 aromatic heterocycles. The number of aromatic nitrogens is 4. The molecular formula is C13H13ClN6O. The van der Waals surface area contributed by atoms with Gasteiger partial charge in [0.2, 0.25) is 5.95 Å². The van der Waals surface area contributed by atoms with Gasteiger partial charge in [0.15, 0.2) is 0 Å². The van der Waals surface area contributed by atoms with E-state index in [2.05, 4.69) is 25.3 Å². The summed E-state index contributed by atoms with van der Waals surface area (Å²) in [4.78, 5) is 24.6. The van der Waals surface area contributed by atoms with Crippen molar-refractivity contribution in [1.29, 1.82) is 0 Å². The first-order valence-corrected chi connectivity index (χ1v) is 6.67. The molecule has 108 valence electrons. The molecule has 1 unspecified atom stereocenters. The van der Waals surface area contributed by atoms with Crippen LogP contribution in [0.4, 0.5) is 11.8 Å². The van der Waals surface area contributed by atoms with E-state index in [4.69, 9.17) is 17.3 Å². The molecule has 3 rings (SSSR count). The van der Waals surface area contributed by atoms with Gasteiger partial charge in [-0.15, -0.1) is 0 Å². The summed E-state index contributed by atoms with van der Waals surface area (Å²) in [5.74, 6) is 0.658. The van der Waals surface area contributed by atoms with Crippen molar-refractivity contribution < 1.29 is 0 Å². The number of rotatable bonds is 3. The summed E-state index contributed by atoms with van der Waals surface area (Å²) in [6, 6.07) is 7.23. The molecule has 0 radical (unpaired) electrons. The van der Waals surface area contributed by atoms with Crippen molar-refractivity contribution in [2.24, 2.45) is 0 Å². The SMILES string of the molecule is CC(Nc1cc(Cl)nc(N)n1)c1ccc2[nH]c(=O)[nH]c2c1. The standard InChI is InChI=1S/C13H13ClN6O/c1-6(16-11-5-10(14)19-12(15)20-11)7-2-3-8-9(4-7)18-13(21)17-8/h2-6H,1H3,(H2,17,18,21)(H3,15,16,19,20). The van der Waals surface area contributed by atoms with Gasteiger partial charge >= 0.3 is 5.69 Å². The Morgan fingerprint density at radius 2 is 2.00 bits per heavy atom. The van der Waals surface area contributed by atoms with E-state index >= 15 is 0 Å². The number of aromatic amines is 2. The Morgan fingerprint density at radius 3 is 2.76 bits per heavy atom. The smallest absolute Gasteiger partial charge is 0.323 e. The number of hydrogen-bond acceptors (Lipinski definition) is 5. The van der Waals surface area contributed by atoms with Gasteiger partial charge < -0.3 is 21.0 Å². The highest BCUT2D eigenvalue weighted by atomic mass is 35.5. The normalized spacial score (nSPS) is 12.5. The molecule has 0 aliphatic rings. The average molecular weight is 305 g/mol. The number of fused-ring (bicyclic) bond motifs is 1. The van der Waals surface area contributed by atoms with Crippen LogP contribution in [-0.4, -0.2) is 19.9 Å². The van der Waals surface area contributed by atoms with Crippen LogP contribution in [0.3, 0.4) is 0 Å². The second-order valence-corrected chi connectivity index (χ2v) is 5.07. The molecule has 8 heteroatoms. The Kier molecular flexibility index (Phi) is 3.26. The lowest BCUT2D eigenvalue weighted by Gasteiger charge is -2.15. The lowest BCUT2D eigenvalue weighted by Crippen LogP contribution is -2.09. The summed E-state index contributed by atoms with van der Waals surface area (Å²) in [6.45, 7) is 1.97. The Balaban J connectivity index is 1.88. The van der Waals surface area contributed by atoms with Crippen LogP contribution in [0.25, 0.3) is 11.0 Å². The molecule has 0 saturated carbocycles. The van der Waals surface area contributed by atoms with Crippen LogP contribution in [0.15, 0.2) is 29.1 Å². The highest BCUT2D eigenvalue weighted by molar-refractivity contribution is 6.29. The fourth-order valence-corrected chi connectivity index (χ4v) is 2.32. The fourth-order valence-electron chi connectivity index (χ4n) is 2.13. The molecule has 5 N–H and O–H groups in total. The van der Waals surface area contributed by atoms with Crippen molar-refractivity contribution >= 4 is 34.4 Å². The van der Waals surface area contributed by atoms with Crippen LogP contribution in [0.5, 0.6) is 0 Å². The van der Waals surface area contributed by atoms with Gasteiger partial charge in [0, 0.05) is 6.07 Å². The molecule has 0 aliphatic heterocycles. The van der Waals surface area contributed by atoms with Crippen LogP contribution < -0.4 is 16.7 Å². The number of imidazole rings is 1. The summed E-state index contributed by atoms with van der Waals surface area (Å²) in [5.41, 5.74) is 7.85. The van der Waals surface area contributed by atoms with E-state index in [-0.39, 0.29) is 22.8 Å². The van der Waals surface area contributed by atoms with E-state index in [1.807, 2.05) is 25.1 Å². The topological polar surface area (TPSA) is 112 Å². The summed E-state index contributed by atoms with van der Waals surface area (Å²) in [6.07, 6.45) is 0. The van der Waals surface area contributed by atoms with Gasteiger partial charge in [-0.05, 0) is 24.6 Å². The molecule has 0 spiro atoms. The predicted molar refractivity (Wildman–Crippen MR) is 82.4 cm³/mol. The minimum absolute atomic E-state index is 0.0434. The monoisotopic (exact) mass is 304 g/mol. The molecule has 1 aromatic carbocycles. The van der Waals surface area contributed by atoms with E-state index in [1.54, 1.807) is 6.07 Å². The van der Waals surface area contributed by atoms with Gasteiger partial charge in [0.1, 0.15) is 11.0 Å². The van der Waals surface area contributed by atoms with Crippen molar-refractivity contribution in [3.8, 4) is 0 Å². The van der Waals surface area contributed by atoms with Crippen LogP contribution in [-0.2, 0) is 0 Å². The van der Waals surface area contributed by atoms with Crippen molar-refractivity contribution in [2.75, 3.05) is 11.1 Å². The fraction of sp³-hybridized carbons (Fsp3) is 0.154. The number of nitrogens with one attached hydrogen (secondary N) is 3. The van der Waals surface area contributed by atoms with Crippen LogP contribution in [0, 0.1) is 0 Å². The van der Waals surface area contributed by atoms with Crippen LogP contribution in [0.2, 0.25) is 5.15 Å². The maximum Gasteiger partial charge on any atom is 0.323 e. The first kappa shape index (κ1) is 13.4. The number of benzene rings is 1. The molecule has 1 atom stereocenters. The average Bonchev–Trinajstić information content (AvgIpc) is 2.76. The Labute approximate surface area is 124 Å². The molecule has 7 nitrogen and oxygen atoms in total. The van der Waals surface area contributed by atoms with E-state index in [0.717, 1.165) is 16.6 Å². The van der Waals surface area contributed by atoms with Crippen molar-refractivity contribution in [1.82, 2.24) is 19.9 Å². The molecule has 0 bridgehead atoms. The van der Waals surface area contributed by atoms with Crippen molar-refractivity contribution in [3.05, 3.63) is 45.5 Å². The van der Waals surface area contributed by atoms with Crippen LogP contribution in [0.1, 0.15) is 18.5 Å². The minimum atomic E-state index is -0.224. The van der Waals surface area contributed by atoms with E-state index in [0.29, 0.717) is 5.82 Å². The number of anilines is 2. The zero-order valence-electron chi connectivity index (χ0n) is 11.1. The molecular weight excluding hydrogens is 292 g/mol. The zero-order chi connectivity index (χ0) is 15.0. The highest BCUT2D eigenvalue weighted by Gasteiger charge is 2.09. The molecule has 2 heterocycles. The van der Waals surface area contributed by atoms with Gasteiger partial charge in [-0.2, -0.15) is 4.98 Å². The van der Waals surface area contributed by atoms with E-state index in [9.17, 15) is 4.79 Å². The summed E-state index contributed by atoms with van der Waals surface area (Å²) >= 11 is 5.85. The van der Waals surface area contributed by atoms with E-state index < -0.39 is 0 Å². The largest absolute Gasteiger partial charge is 0.368 e. The molecule has 3 aromatic rings. The number of nitrogens with two attached hydrogens (primary N) is 1. The lowest BCUT2D eigenvalue weighted by molar-refractivity contribution is 0.874. The molecule has 0 aliphatic carbocycles. The van der Waals surface area contributed by atoms with Gasteiger partial charge in [-0.25, -0.2) is 9.78 Å². The third-order valence-electron chi connectivity index (χ3n) is 3.12. The summed E-state index contributed by atoms with van der Waals surface area (Å²) < 4.78 is 0. The number of hydrogen-bond donors (Lipinski definition) is 4. The first-order chi connectivity index (χ1) is 10.0. The number of H-pyrrole nitrogens is 2. The number of nitrogen functional groups attached to an aromatic ring is 1. The first-order valence-electron chi connectivity index (χ1n) is 6.30. The number of halogens is 1. The minimum Gasteiger partial charge on any atom is -0.368 e. The van der Waals surface area contributed by atoms with Gasteiger partial charge in [0.05, 0.1) is 17.1 Å². The molecule has 0 saturated heterocycles. The van der Waals surface area contributed by atoms with Crippen molar-refractivity contribution in [2.45, 2.75) is 13.0 Å². The Morgan fingerprint density at radius 1 is 1.24 bits per heavy atom. The van der Waals surface area contributed by atoms with Gasteiger partial charge in [-0.1, -0.05) is 17.7 Å². The van der Waals surface area contributed by atoms with Gasteiger partial charge in [-0.3, -0.25) is 0 Å². The maximum absolute atomic E-state index is 11.3. The summed E-state index contributed by atoms with van der Waals surface area (Å²) in [5, 5.41) is 3.47. The van der Waals surface area contributed by atoms with Gasteiger partial charge in [0.25, 0.3) is 0 Å². The quantitative estimate of drug-likeness (QED) is 0.553. The lowest BCUT2D eigenvalue weighted by atomic mass is 10.1. The third kappa shape index (κ3) is 2.82. The van der Waals surface area contributed by atoms with Crippen molar-refractivity contribution in [3.63, 3.8) is 0 Å². The second-order valence-electron chi connectivity index (χ2n) is 4.68. The molecule has 21 heavy (non-hydrogen) atoms. The highest BCUT2D eigenvalue weighted by Crippen LogP contribution is 2.22. The molecule has 0 fully saturated rings. The number of nitrogens with zero attached hydrogens (tertiary/aromatic N) is 2. The van der Waals surface area contributed by atoms with E-state index in [1.165, 1.54) is 0 Å². The Hall–Kier alpha value is -2.54. The second kappa shape index (κ2) is 5.10. The predicted octanol–water partition coefficient (Wildman–Crippen LogP) is 2.05. The maximum atomic E-state index is 11.3. The third-order valence-corrected chi connectivity index (χ3v) is 3.31. The van der Waals surface area contributed by atoms with Crippen LogP contribution >= 0.6 is 11.6 Å². The summed E-state index contributed by atoms with van der Waals surface area (Å²) in [7, 11) is 0.